The number of amides is 3. The zero-order chi connectivity index (χ0) is 12.4. The summed E-state index contributed by atoms with van der Waals surface area (Å²) >= 11 is 0. The van der Waals surface area contributed by atoms with Crippen molar-refractivity contribution in [2.75, 3.05) is 19.6 Å². The van der Waals surface area contributed by atoms with Gasteiger partial charge in [-0.15, -0.1) is 0 Å². The van der Waals surface area contributed by atoms with E-state index in [9.17, 15) is 14.4 Å². The number of hydrogen-bond acceptors (Lipinski definition) is 4. The normalized spacial score (nSPS) is 27.8. The lowest BCUT2D eigenvalue weighted by Crippen LogP contribution is -2.66. The number of nitrogens with zero attached hydrogens (tertiary/aromatic N) is 1. The van der Waals surface area contributed by atoms with Gasteiger partial charge in [-0.1, -0.05) is 0 Å². The summed E-state index contributed by atoms with van der Waals surface area (Å²) in [7, 11) is 0. The van der Waals surface area contributed by atoms with Crippen molar-refractivity contribution < 1.29 is 14.4 Å². The van der Waals surface area contributed by atoms with Gasteiger partial charge in [0, 0.05) is 0 Å². The molecule has 4 N–H and O–H groups in total. The molecule has 0 spiro atoms. The SMILES string of the molecule is NC(=O)CN1C[C@@H](NC(=O)C2CCCN2)C1=O. The van der Waals surface area contributed by atoms with Crippen molar-refractivity contribution in [1.82, 2.24) is 15.5 Å². The van der Waals surface area contributed by atoms with E-state index in [2.05, 4.69) is 10.6 Å². The smallest absolute Gasteiger partial charge is 0.247 e. The number of nitrogens with one attached hydrogen (secondary N) is 2. The molecular weight excluding hydrogens is 224 g/mol. The van der Waals surface area contributed by atoms with E-state index in [1.54, 1.807) is 0 Å². The molecule has 17 heavy (non-hydrogen) atoms. The van der Waals surface area contributed by atoms with Crippen molar-refractivity contribution >= 4 is 17.7 Å². The third kappa shape index (κ3) is 2.55. The van der Waals surface area contributed by atoms with Crippen molar-refractivity contribution in [1.29, 1.82) is 0 Å². The Kier molecular flexibility index (Phi) is 3.28. The Morgan fingerprint density at radius 3 is 2.82 bits per heavy atom. The highest BCUT2D eigenvalue weighted by Crippen LogP contribution is 2.11. The van der Waals surface area contributed by atoms with Gasteiger partial charge < -0.3 is 21.3 Å². The number of primary amides is 1. The van der Waals surface area contributed by atoms with E-state index in [4.69, 9.17) is 5.73 Å². The lowest BCUT2D eigenvalue weighted by Gasteiger charge is -2.38. The average Bonchev–Trinajstić information content (AvgIpc) is 2.80. The molecule has 94 valence electrons. The van der Waals surface area contributed by atoms with Crippen molar-refractivity contribution in [2.45, 2.75) is 24.9 Å². The van der Waals surface area contributed by atoms with E-state index in [-0.39, 0.29) is 24.4 Å². The van der Waals surface area contributed by atoms with Gasteiger partial charge >= 0.3 is 0 Å². The number of likely N-dealkylation sites (tertiary alicyclic amines) is 1. The van der Waals surface area contributed by atoms with E-state index in [1.807, 2.05) is 0 Å². The molecule has 0 aliphatic carbocycles. The van der Waals surface area contributed by atoms with Crippen molar-refractivity contribution in [3.8, 4) is 0 Å². The van der Waals surface area contributed by atoms with Crippen LogP contribution in [0.4, 0.5) is 0 Å². The molecule has 0 aromatic rings. The standard InChI is InChI=1S/C10H16N4O3/c11-8(15)5-14-4-7(10(14)17)13-9(16)6-2-1-3-12-6/h6-7,12H,1-5H2,(H2,11,15)(H,13,16)/t6?,7-/m1/s1. The molecule has 2 atom stereocenters. The van der Waals surface area contributed by atoms with Crippen LogP contribution in [0.1, 0.15) is 12.8 Å². The molecule has 0 bridgehead atoms. The van der Waals surface area contributed by atoms with Crippen LogP contribution in [0.25, 0.3) is 0 Å². The minimum atomic E-state index is -0.541. The van der Waals surface area contributed by atoms with Gasteiger partial charge in [-0.2, -0.15) is 0 Å². The summed E-state index contributed by atoms with van der Waals surface area (Å²) in [5.41, 5.74) is 4.98. The fourth-order valence-corrected chi connectivity index (χ4v) is 2.12. The van der Waals surface area contributed by atoms with Gasteiger partial charge in [0.05, 0.1) is 19.1 Å². The van der Waals surface area contributed by atoms with E-state index in [0.29, 0.717) is 6.54 Å². The second kappa shape index (κ2) is 4.70. The molecular formula is C10H16N4O3. The molecule has 0 aromatic carbocycles. The van der Waals surface area contributed by atoms with Crippen LogP contribution in [0.5, 0.6) is 0 Å². The van der Waals surface area contributed by atoms with E-state index >= 15 is 0 Å². The second-order valence-corrected chi connectivity index (χ2v) is 4.40. The molecule has 2 rings (SSSR count). The summed E-state index contributed by atoms with van der Waals surface area (Å²) in [5, 5.41) is 5.72. The Morgan fingerprint density at radius 1 is 1.53 bits per heavy atom. The topological polar surface area (TPSA) is 105 Å². The first-order chi connectivity index (χ1) is 8.08. The summed E-state index contributed by atoms with van der Waals surface area (Å²) in [6.07, 6.45) is 1.78. The summed E-state index contributed by atoms with van der Waals surface area (Å²) in [6, 6.07) is -0.683. The molecule has 2 aliphatic rings. The Morgan fingerprint density at radius 2 is 2.29 bits per heavy atom. The molecule has 2 saturated heterocycles. The summed E-state index contributed by atoms with van der Waals surface area (Å²) in [4.78, 5) is 35.2. The van der Waals surface area contributed by atoms with Crippen molar-refractivity contribution in [3.63, 3.8) is 0 Å². The average molecular weight is 240 g/mol. The minimum absolute atomic E-state index is 0.0765. The summed E-state index contributed by atoms with van der Waals surface area (Å²) in [5.74, 6) is -0.921. The highest BCUT2D eigenvalue weighted by molar-refractivity contribution is 5.95. The van der Waals surface area contributed by atoms with Crippen LogP contribution >= 0.6 is 0 Å². The van der Waals surface area contributed by atoms with Crippen LogP contribution in [0.2, 0.25) is 0 Å². The van der Waals surface area contributed by atoms with Gasteiger partial charge in [0.1, 0.15) is 6.04 Å². The molecule has 1 unspecified atom stereocenters. The number of carbonyl (C=O) groups excluding carboxylic acids is 3. The first-order valence-electron chi connectivity index (χ1n) is 5.69. The summed E-state index contributed by atoms with van der Waals surface area (Å²) < 4.78 is 0. The minimum Gasteiger partial charge on any atom is -0.368 e. The monoisotopic (exact) mass is 240 g/mol. The summed E-state index contributed by atoms with van der Waals surface area (Å²) in [6.45, 7) is 1.12. The molecule has 2 fully saturated rings. The molecule has 0 aromatic heterocycles. The number of hydrogen-bond donors (Lipinski definition) is 3. The Labute approximate surface area is 98.7 Å². The molecule has 0 saturated carbocycles. The second-order valence-electron chi connectivity index (χ2n) is 4.40. The molecule has 7 heteroatoms. The first-order valence-corrected chi connectivity index (χ1v) is 5.69. The zero-order valence-electron chi connectivity index (χ0n) is 9.44. The Balaban J connectivity index is 1.76. The fourth-order valence-electron chi connectivity index (χ4n) is 2.12. The van der Waals surface area contributed by atoms with Crippen molar-refractivity contribution in [2.24, 2.45) is 5.73 Å². The van der Waals surface area contributed by atoms with Gasteiger partial charge in [-0.3, -0.25) is 14.4 Å². The maximum absolute atomic E-state index is 11.7. The van der Waals surface area contributed by atoms with Crippen LogP contribution in [-0.2, 0) is 14.4 Å². The van der Waals surface area contributed by atoms with Crippen LogP contribution in [0, 0.1) is 0 Å². The highest BCUT2D eigenvalue weighted by Gasteiger charge is 2.39. The van der Waals surface area contributed by atoms with Crippen LogP contribution in [0.3, 0.4) is 0 Å². The molecule has 2 aliphatic heterocycles. The number of carbonyl (C=O) groups is 3. The van der Waals surface area contributed by atoms with Gasteiger partial charge in [0.25, 0.3) is 0 Å². The Bertz CT molecular complexity index is 351. The maximum Gasteiger partial charge on any atom is 0.247 e. The number of rotatable bonds is 4. The third-order valence-corrected chi connectivity index (χ3v) is 3.05. The van der Waals surface area contributed by atoms with Crippen LogP contribution < -0.4 is 16.4 Å². The van der Waals surface area contributed by atoms with Crippen molar-refractivity contribution in [3.05, 3.63) is 0 Å². The first kappa shape index (κ1) is 11.8. The number of nitrogens with two attached hydrogens (primary N) is 1. The number of β-lactam (4-membered cyclic amide) rings is 1. The van der Waals surface area contributed by atoms with Gasteiger partial charge in [-0.05, 0) is 19.4 Å². The largest absolute Gasteiger partial charge is 0.368 e. The van der Waals surface area contributed by atoms with Crippen LogP contribution in [-0.4, -0.2) is 54.3 Å². The molecule has 0 radical (unpaired) electrons. The predicted octanol–water partition coefficient (Wildman–Crippen LogP) is -2.45. The fraction of sp³-hybridized carbons (Fsp3) is 0.700. The van der Waals surface area contributed by atoms with Gasteiger partial charge in [0.15, 0.2) is 0 Å². The maximum atomic E-state index is 11.7. The quantitative estimate of drug-likeness (QED) is 0.474. The zero-order valence-corrected chi connectivity index (χ0v) is 9.44. The molecule has 3 amide bonds. The van der Waals surface area contributed by atoms with Gasteiger partial charge in [0.2, 0.25) is 17.7 Å². The lowest BCUT2D eigenvalue weighted by atomic mass is 10.1. The third-order valence-electron chi connectivity index (χ3n) is 3.05. The Hall–Kier alpha value is -1.63. The van der Waals surface area contributed by atoms with Crippen LogP contribution in [0.15, 0.2) is 0 Å². The van der Waals surface area contributed by atoms with E-state index in [1.165, 1.54) is 4.90 Å². The van der Waals surface area contributed by atoms with Gasteiger partial charge in [-0.25, -0.2) is 0 Å². The lowest BCUT2D eigenvalue weighted by molar-refractivity contribution is -0.149. The predicted molar refractivity (Wildman–Crippen MR) is 58.7 cm³/mol. The molecule has 2 heterocycles. The van der Waals surface area contributed by atoms with E-state index < -0.39 is 11.9 Å². The highest BCUT2D eigenvalue weighted by atomic mass is 16.2. The molecule has 7 nitrogen and oxygen atoms in total. The van der Waals surface area contributed by atoms with E-state index in [0.717, 1.165) is 19.4 Å².